The van der Waals surface area contributed by atoms with Crippen LogP contribution in [-0.4, -0.2) is 33.5 Å². The molecule has 1 fully saturated rings. The molecule has 2 atom stereocenters. The molecule has 0 saturated carbocycles. The zero-order chi connectivity index (χ0) is 13.8. The van der Waals surface area contributed by atoms with Crippen molar-refractivity contribution in [2.75, 3.05) is 38.4 Å². The molecule has 0 amide bonds. The van der Waals surface area contributed by atoms with Crippen molar-refractivity contribution >= 4 is 11.4 Å². The van der Waals surface area contributed by atoms with Crippen molar-refractivity contribution in [3.05, 3.63) is 12.1 Å². The fraction of sp³-hybridized carbons (Fsp3) is 0.571. The van der Waals surface area contributed by atoms with Crippen LogP contribution in [0.1, 0.15) is 13.3 Å². The highest BCUT2D eigenvalue weighted by Gasteiger charge is 2.24. The molecule has 2 unspecified atom stereocenters. The number of hydrogen-bond donors (Lipinski definition) is 2. The smallest absolute Gasteiger partial charge is 0.162 e. The molecule has 1 aromatic carbocycles. The molecule has 5 heteroatoms. The summed E-state index contributed by atoms with van der Waals surface area (Å²) in [6, 6.07) is 3.64. The molecule has 2 rings (SSSR count). The van der Waals surface area contributed by atoms with Crippen LogP contribution in [0.5, 0.6) is 11.5 Å². The maximum atomic E-state index is 6.01. The van der Waals surface area contributed by atoms with Gasteiger partial charge in [0.05, 0.1) is 31.7 Å². The van der Waals surface area contributed by atoms with Gasteiger partial charge in [-0.1, -0.05) is 0 Å². The van der Waals surface area contributed by atoms with E-state index in [0.29, 0.717) is 29.2 Å². The number of nitrogen functional groups attached to an aromatic ring is 1. The number of benzene rings is 1. The van der Waals surface area contributed by atoms with E-state index in [1.54, 1.807) is 20.3 Å². The largest absolute Gasteiger partial charge is 0.493 e. The Kier molecular flexibility index (Phi) is 4.37. The van der Waals surface area contributed by atoms with Crippen LogP contribution < -0.4 is 20.5 Å². The Bertz CT molecular complexity index is 437. The Hall–Kier alpha value is -1.62. The van der Waals surface area contributed by atoms with E-state index in [0.717, 1.165) is 25.3 Å². The maximum Gasteiger partial charge on any atom is 0.162 e. The summed E-state index contributed by atoms with van der Waals surface area (Å²) in [6.07, 6.45) is 1.38. The van der Waals surface area contributed by atoms with Gasteiger partial charge in [0.1, 0.15) is 0 Å². The second kappa shape index (κ2) is 6.02. The van der Waals surface area contributed by atoms with Crippen molar-refractivity contribution in [1.29, 1.82) is 0 Å². The first-order chi connectivity index (χ1) is 9.15. The van der Waals surface area contributed by atoms with Gasteiger partial charge in [-0.3, -0.25) is 0 Å². The first-order valence-corrected chi connectivity index (χ1v) is 6.52. The molecule has 0 aromatic heterocycles. The van der Waals surface area contributed by atoms with Crippen molar-refractivity contribution in [1.82, 2.24) is 0 Å². The third kappa shape index (κ3) is 3.04. The number of nitrogens with one attached hydrogen (secondary N) is 1. The molecule has 1 aliphatic heterocycles. The Labute approximate surface area is 114 Å². The number of nitrogens with two attached hydrogens (primary N) is 1. The quantitative estimate of drug-likeness (QED) is 0.799. The number of ether oxygens (including phenoxy) is 3. The van der Waals surface area contributed by atoms with Crippen LogP contribution in [-0.2, 0) is 4.74 Å². The third-order valence-electron chi connectivity index (χ3n) is 3.64. The third-order valence-corrected chi connectivity index (χ3v) is 3.64. The predicted octanol–water partition coefficient (Wildman–Crippen LogP) is 2.12. The Balaban J connectivity index is 2.07. The lowest BCUT2D eigenvalue weighted by atomic mass is 10.0. The second-order valence-corrected chi connectivity index (χ2v) is 4.80. The van der Waals surface area contributed by atoms with Crippen LogP contribution in [0.2, 0.25) is 0 Å². The highest BCUT2D eigenvalue weighted by atomic mass is 16.5. The molecular weight excluding hydrogens is 244 g/mol. The first-order valence-electron chi connectivity index (χ1n) is 6.52. The van der Waals surface area contributed by atoms with Crippen LogP contribution in [0.15, 0.2) is 12.1 Å². The molecule has 0 aliphatic carbocycles. The standard InChI is InChI=1S/C14H22N2O3/c1-9-10(4-5-19-9)8-16-12-7-14(18-3)13(17-2)6-11(12)15/h6-7,9-10,16H,4-5,8,15H2,1-3H3. The maximum absolute atomic E-state index is 6.01. The SMILES string of the molecule is COc1cc(N)c(NCC2CCOC2C)cc1OC. The van der Waals surface area contributed by atoms with Crippen LogP contribution in [0.4, 0.5) is 11.4 Å². The molecule has 1 aliphatic rings. The molecule has 1 saturated heterocycles. The minimum atomic E-state index is 0.300. The summed E-state index contributed by atoms with van der Waals surface area (Å²) in [7, 11) is 3.21. The normalized spacial score (nSPS) is 22.3. The van der Waals surface area contributed by atoms with Gasteiger partial charge in [0.15, 0.2) is 11.5 Å². The van der Waals surface area contributed by atoms with Crippen molar-refractivity contribution < 1.29 is 14.2 Å². The van der Waals surface area contributed by atoms with Gasteiger partial charge >= 0.3 is 0 Å². The van der Waals surface area contributed by atoms with Gasteiger partial charge in [-0.15, -0.1) is 0 Å². The summed E-state index contributed by atoms with van der Waals surface area (Å²) < 4.78 is 16.0. The van der Waals surface area contributed by atoms with Crippen molar-refractivity contribution in [3.8, 4) is 11.5 Å². The molecule has 5 nitrogen and oxygen atoms in total. The average Bonchev–Trinajstić information content (AvgIpc) is 2.82. The van der Waals surface area contributed by atoms with Crippen LogP contribution in [0.3, 0.4) is 0 Å². The summed E-state index contributed by atoms with van der Waals surface area (Å²) in [6.45, 7) is 3.80. The fourth-order valence-corrected chi connectivity index (χ4v) is 2.33. The van der Waals surface area contributed by atoms with Crippen LogP contribution in [0.25, 0.3) is 0 Å². The van der Waals surface area contributed by atoms with E-state index in [-0.39, 0.29) is 0 Å². The van der Waals surface area contributed by atoms with Crippen LogP contribution in [0, 0.1) is 5.92 Å². The van der Waals surface area contributed by atoms with E-state index < -0.39 is 0 Å². The average molecular weight is 266 g/mol. The van der Waals surface area contributed by atoms with Gasteiger partial charge in [-0.05, 0) is 13.3 Å². The van der Waals surface area contributed by atoms with Gasteiger partial charge in [0.2, 0.25) is 0 Å². The molecule has 0 bridgehead atoms. The van der Waals surface area contributed by atoms with Gasteiger partial charge < -0.3 is 25.3 Å². The highest BCUT2D eigenvalue weighted by Crippen LogP contribution is 2.35. The zero-order valence-electron chi connectivity index (χ0n) is 11.7. The summed E-state index contributed by atoms with van der Waals surface area (Å²) >= 11 is 0. The molecule has 1 heterocycles. The van der Waals surface area contributed by atoms with Crippen LogP contribution >= 0.6 is 0 Å². The van der Waals surface area contributed by atoms with E-state index in [2.05, 4.69) is 12.2 Å². The Morgan fingerprint density at radius 1 is 1.32 bits per heavy atom. The minimum Gasteiger partial charge on any atom is -0.493 e. The van der Waals surface area contributed by atoms with Gasteiger partial charge in [-0.25, -0.2) is 0 Å². The molecule has 3 N–H and O–H groups in total. The molecule has 1 aromatic rings. The first kappa shape index (κ1) is 13.8. The fourth-order valence-electron chi connectivity index (χ4n) is 2.33. The summed E-state index contributed by atoms with van der Waals surface area (Å²) in [5.41, 5.74) is 7.54. The van der Waals surface area contributed by atoms with E-state index in [1.807, 2.05) is 6.07 Å². The Morgan fingerprint density at radius 2 is 2.00 bits per heavy atom. The lowest BCUT2D eigenvalue weighted by Crippen LogP contribution is -2.21. The minimum absolute atomic E-state index is 0.300. The topological polar surface area (TPSA) is 65.7 Å². The lowest BCUT2D eigenvalue weighted by Gasteiger charge is -2.18. The van der Waals surface area contributed by atoms with Crippen molar-refractivity contribution in [2.24, 2.45) is 5.92 Å². The molecule has 0 radical (unpaired) electrons. The second-order valence-electron chi connectivity index (χ2n) is 4.80. The molecule has 106 valence electrons. The zero-order valence-corrected chi connectivity index (χ0v) is 11.7. The van der Waals surface area contributed by atoms with Crippen molar-refractivity contribution in [2.45, 2.75) is 19.4 Å². The van der Waals surface area contributed by atoms with E-state index >= 15 is 0 Å². The van der Waals surface area contributed by atoms with E-state index in [9.17, 15) is 0 Å². The van der Waals surface area contributed by atoms with Crippen molar-refractivity contribution in [3.63, 3.8) is 0 Å². The highest BCUT2D eigenvalue weighted by molar-refractivity contribution is 5.72. The summed E-state index contributed by atoms with van der Waals surface area (Å²) in [5.74, 6) is 1.84. The molecule has 19 heavy (non-hydrogen) atoms. The van der Waals surface area contributed by atoms with Gasteiger partial charge in [-0.2, -0.15) is 0 Å². The van der Waals surface area contributed by atoms with Gasteiger partial charge in [0, 0.05) is 31.2 Å². The number of rotatable bonds is 5. The lowest BCUT2D eigenvalue weighted by molar-refractivity contribution is 0.108. The van der Waals surface area contributed by atoms with E-state index in [1.165, 1.54) is 0 Å². The number of anilines is 2. The summed E-state index contributed by atoms with van der Waals surface area (Å²) in [5, 5.41) is 3.37. The Morgan fingerprint density at radius 3 is 2.58 bits per heavy atom. The monoisotopic (exact) mass is 266 g/mol. The van der Waals surface area contributed by atoms with E-state index in [4.69, 9.17) is 19.9 Å². The number of hydrogen-bond acceptors (Lipinski definition) is 5. The molecular formula is C14H22N2O3. The molecule has 0 spiro atoms. The summed E-state index contributed by atoms with van der Waals surface area (Å²) in [4.78, 5) is 0. The number of methoxy groups -OCH3 is 2. The predicted molar refractivity (Wildman–Crippen MR) is 76.0 cm³/mol. The van der Waals surface area contributed by atoms with Gasteiger partial charge in [0.25, 0.3) is 0 Å².